The Kier molecular flexibility index (Phi) is 3.06. The second kappa shape index (κ2) is 4.67. The van der Waals surface area contributed by atoms with Crippen LogP contribution in [0.2, 0.25) is 0 Å². The summed E-state index contributed by atoms with van der Waals surface area (Å²) in [5, 5.41) is 0. The highest BCUT2D eigenvalue weighted by Crippen LogP contribution is 2.25. The number of carbonyl (C=O) groups is 1. The van der Waals surface area contributed by atoms with Crippen LogP contribution < -0.4 is 11.3 Å². The number of hydrogen-bond donors (Lipinski definition) is 2. The molecule has 0 spiro atoms. The number of carbonyl (C=O) groups excluding carboxylic acids is 1. The first-order valence-corrected chi connectivity index (χ1v) is 4.87. The lowest BCUT2D eigenvalue weighted by Gasteiger charge is -1.95. The fourth-order valence-electron chi connectivity index (χ4n) is 1.36. The maximum absolute atomic E-state index is 11.4. The molecule has 0 amide bonds. The fraction of sp³-hybridized carbons (Fsp3) is 0.0909. The Morgan fingerprint density at radius 1 is 1.41 bits per heavy atom. The molecule has 0 bridgehead atoms. The van der Waals surface area contributed by atoms with Crippen LogP contribution in [0.1, 0.15) is 10.5 Å². The molecule has 0 radical (unpaired) electrons. The molecule has 0 fully saturated rings. The average Bonchev–Trinajstić information content (AvgIpc) is 2.83. The summed E-state index contributed by atoms with van der Waals surface area (Å²) in [4.78, 5) is 15.4. The van der Waals surface area contributed by atoms with E-state index in [0.717, 1.165) is 5.56 Å². The highest BCUT2D eigenvalue weighted by atomic mass is 16.5. The van der Waals surface area contributed by atoms with Crippen LogP contribution in [0.3, 0.4) is 0 Å². The Balaban J connectivity index is 2.45. The summed E-state index contributed by atoms with van der Waals surface area (Å²) in [6, 6.07) is 9.18. The van der Waals surface area contributed by atoms with E-state index >= 15 is 0 Å². The maximum atomic E-state index is 11.4. The molecule has 0 aliphatic rings. The minimum atomic E-state index is -0.608. The minimum absolute atomic E-state index is 0.0221. The van der Waals surface area contributed by atoms with E-state index in [4.69, 9.17) is 10.3 Å². The summed E-state index contributed by atoms with van der Waals surface area (Å²) in [6.07, 6.45) is 0. The number of aromatic nitrogens is 1. The first-order valence-electron chi connectivity index (χ1n) is 4.87. The highest BCUT2D eigenvalue weighted by molar-refractivity contribution is 5.92. The number of hydrogen-bond acceptors (Lipinski definition) is 6. The SMILES string of the molecule is COC(=O)c1nc(-c2ccccc2)oc1NN. The summed E-state index contributed by atoms with van der Waals surface area (Å²) in [5.41, 5.74) is 3.04. The second-order valence-electron chi connectivity index (χ2n) is 3.20. The molecule has 1 aromatic heterocycles. The van der Waals surface area contributed by atoms with Gasteiger partial charge in [0.2, 0.25) is 17.5 Å². The summed E-state index contributed by atoms with van der Waals surface area (Å²) >= 11 is 0. The van der Waals surface area contributed by atoms with E-state index in [9.17, 15) is 4.79 Å². The molecule has 1 heterocycles. The number of methoxy groups -OCH3 is 1. The van der Waals surface area contributed by atoms with E-state index in [-0.39, 0.29) is 11.6 Å². The number of nitrogens with two attached hydrogens (primary N) is 1. The maximum Gasteiger partial charge on any atom is 0.362 e. The van der Waals surface area contributed by atoms with Gasteiger partial charge < -0.3 is 9.15 Å². The number of nitrogens with one attached hydrogen (secondary N) is 1. The largest absolute Gasteiger partial charge is 0.464 e. The molecule has 0 atom stereocenters. The Bertz CT molecular complexity index is 522. The molecular formula is C11H11N3O3. The van der Waals surface area contributed by atoms with Gasteiger partial charge in [-0.25, -0.2) is 10.6 Å². The molecule has 0 unspecified atom stereocenters. The zero-order chi connectivity index (χ0) is 12.3. The van der Waals surface area contributed by atoms with Crippen molar-refractivity contribution in [2.24, 2.45) is 5.84 Å². The van der Waals surface area contributed by atoms with Gasteiger partial charge in [-0.2, -0.15) is 4.98 Å². The molecule has 0 saturated carbocycles. The minimum Gasteiger partial charge on any atom is -0.464 e. The smallest absolute Gasteiger partial charge is 0.362 e. The Hall–Kier alpha value is -2.34. The Labute approximate surface area is 97.4 Å². The predicted octanol–water partition coefficient (Wildman–Crippen LogP) is 1.41. The zero-order valence-electron chi connectivity index (χ0n) is 9.14. The lowest BCUT2D eigenvalue weighted by Crippen LogP contribution is -2.11. The van der Waals surface area contributed by atoms with Gasteiger partial charge in [0.1, 0.15) is 0 Å². The normalized spacial score (nSPS) is 10.0. The lowest BCUT2D eigenvalue weighted by molar-refractivity contribution is 0.0595. The van der Waals surface area contributed by atoms with Crippen molar-refractivity contribution >= 4 is 11.9 Å². The third kappa shape index (κ3) is 2.11. The molecule has 0 aliphatic carbocycles. The molecule has 6 heteroatoms. The monoisotopic (exact) mass is 233 g/mol. The molecule has 0 saturated heterocycles. The van der Waals surface area contributed by atoms with E-state index < -0.39 is 5.97 Å². The van der Waals surface area contributed by atoms with Gasteiger partial charge in [0.25, 0.3) is 0 Å². The van der Waals surface area contributed by atoms with Gasteiger partial charge in [-0.3, -0.25) is 5.43 Å². The average molecular weight is 233 g/mol. The van der Waals surface area contributed by atoms with Crippen molar-refractivity contribution in [2.75, 3.05) is 12.5 Å². The van der Waals surface area contributed by atoms with Crippen LogP contribution in [0, 0.1) is 0 Å². The van der Waals surface area contributed by atoms with Crippen LogP contribution in [0.4, 0.5) is 5.88 Å². The first kappa shape index (κ1) is 11.2. The third-order valence-electron chi connectivity index (χ3n) is 2.16. The van der Waals surface area contributed by atoms with Gasteiger partial charge in [0.15, 0.2) is 0 Å². The molecule has 17 heavy (non-hydrogen) atoms. The van der Waals surface area contributed by atoms with Gasteiger partial charge in [-0.15, -0.1) is 0 Å². The van der Waals surface area contributed by atoms with E-state index in [2.05, 4.69) is 15.1 Å². The molecular weight excluding hydrogens is 222 g/mol. The first-order chi connectivity index (χ1) is 8.26. The van der Waals surface area contributed by atoms with Crippen molar-refractivity contribution in [3.8, 4) is 11.5 Å². The van der Waals surface area contributed by atoms with Gasteiger partial charge in [0, 0.05) is 5.56 Å². The number of rotatable bonds is 3. The molecule has 3 N–H and O–H groups in total. The van der Waals surface area contributed by atoms with Crippen LogP contribution >= 0.6 is 0 Å². The molecule has 0 aliphatic heterocycles. The lowest BCUT2D eigenvalue weighted by atomic mass is 10.2. The summed E-state index contributed by atoms with van der Waals surface area (Å²) < 4.78 is 9.90. The van der Waals surface area contributed by atoms with Crippen molar-refractivity contribution in [1.29, 1.82) is 0 Å². The number of benzene rings is 1. The molecule has 2 rings (SSSR count). The number of anilines is 1. The summed E-state index contributed by atoms with van der Waals surface area (Å²) in [7, 11) is 1.26. The van der Waals surface area contributed by atoms with Crippen molar-refractivity contribution in [1.82, 2.24) is 4.98 Å². The predicted molar refractivity (Wildman–Crippen MR) is 61.1 cm³/mol. The van der Waals surface area contributed by atoms with Crippen LogP contribution in [0.5, 0.6) is 0 Å². The second-order valence-corrected chi connectivity index (χ2v) is 3.20. The number of hydrazine groups is 1. The van der Waals surface area contributed by atoms with E-state index in [1.54, 1.807) is 0 Å². The topological polar surface area (TPSA) is 90.4 Å². The van der Waals surface area contributed by atoms with Crippen LogP contribution in [0.15, 0.2) is 34.7 Å². The number of esters is 1. The number of oxazole rings is 1. The van der Waals surface area contributed by atoms with E-state index in [1.165, 1.54) is 7.11 Å². The molecule has 88 valence electrons. The van der Waals surface area contributed by atoms with Crippen molar-refractivity contribution in [3.05, 3.63) is 36.0 Å². The van der Waals surface area contributed by atoms with Crippen molar-refractivity contribution < 1.29 is 13.9 Å². The quantitative estimate of drug-likeness (QED) is 0.473. The van der Waals surface area contributed by atoms with E-state index in [0.29, 0.717) is 5.89 Å². The standard InChI is InChI=1S/C11H11N3O3/c1-16-11(15)8-10(14-12)17-9(13-8)7-5-3-2-4-6-7/h2-6,14H,12H2,1H3. The number of ether oxygens (including phenoxy) is 1. The van der Waals surface area contributed by atoms with Gasteiger partial charge in [-0.05, 0) is 12.1 Å². The number of nitrogen functional groups attached to an aromatic ring is 1. The summed E-state index contributed by atoms with van der Waals surface area (Å²) in [6.45, 7) is 0. The Morgan fingerprint density at radius 3 is 2.71 bits per heavy atom. The van der Waals surface area contributed by atoms with Crippen molar-refractivity contribution in [2.45, 2.75) is 0 Å². The number of nitrogens with zero attached hydrogens (tertiary/aromatic N) is 1. The third-order valence-corrected chi connectivity index (χ3v) is 2.16. The highest BCUT2D eigenvalue weighted by Gasteiger charge is 2.20. The van der Waals surface area contributed by atoms with Gasteiger partial charge in [-0.1, -0.05) is 18.2 Å². The van der Waals surface area contributed by atoms with Gasteiger partial charge >= 0.3 is 5.97 Å². The fourth-order valence-corrected chi connectivity index (χ4v) is 1.36. The van der Waals surface area contributed by atoms with Crippen LogP contribution in [-0.4, -0.2) is 18.1 Å². The summed E-state index contributed by atoms with van der Waals surface area (Å²) in [5.74, 6) is 5.02. The van der Waals surface area contributed by atoms with Crippen LogP contribution in [0.25, 0.3) is 11.5 Å². The molecule has 1 aromatic carbocycles. The van der Waals surface area contributed by atoms with E-state index in [1.807, 2.05) is 30.3 Å². The van der Waals surface area contributed by atoms with Gasteiger partial charge in [0.05, 0.1) is 7.11 Å². The Morgan fingerprint density at radius 2 is 2.12 bits per heavy atom. The molecule has 2 aromatic rings. The van der Waals surface area contributed by atoms with Crippen LogP contribution in [-0.2, 0) is 4.74 Å². The van der Waals surface area contributed by atoms with Crippen molar-refractivity contribution in [3.63, 3.8) is 0 Å². The molecule has 6 nitrogen and oxygen atoms in total. The zero-order valence-corrected chi connectivity index (χ0v) is 9.14.